The van der Waals surface area contributed by atoms with Gasteiger partial charge in [0, 0.05) is 5.33 Å². The molecule has 0 aliphatic carbocycles. The van der Waals surface area contributed by atoms with E-state index in [-0.39, 0.29) is 12.4 Å². The highest BCUT2D eigenvalue weighted by atomic mass is 79.9. The molecular weight excluding hydrogens is 390 g/mol. The second-order valence-electron chi connectivity index (χ2n) is 5.29. The van der Waals surface area contributed by atoms with Gasteiger partial charge in [-0.2, -0.15) is 0 Å². The van der Waals surface area contributed by atoms with Gasteiger partial charge in [0.05, 0.1) is 6.61 Å². The van der Waals surface area contributed by atoms with Gasteiger partial charge in [-0.15, -0.1) is 10.1 Å². The molecule has 136 valence electrons. The van der Waals surface area contributed by atoms with Crippen LogP contribution in [0.3, 0.4) is 0 Å². The highest BCUT2D eigenvalue weighted by Crippen LogP contribution is 2.12. The predicted molar refractivity (Wildman–Crippen MR) is 99.6 cm³/mol. The fourth-order valence-electron chi connectivity index (χ4n) is 2.01. The summed E-state index contributed by atoms with van der Waals surface area (Å²) in [5.74, 6) is 0.558. The first-order valence-electron chi connectivity index (χ1n) is 7.90. The number of phenols is 2. The SMILES string of the molecule is O=[N+]([O-])OCCCc1ccc(O)cc1.Oc1ccc(CCCBr)cc1. The van der Waals surface area contributed by atoms with Gasteiger partial charge >= 0.3 is 0 Å². The Bertz CT molecular complexity index is 616. The van der Waals surface area contributed by atoms with E-state index in [4.69, 9.17) is 10.2 Å². The third kappa shape index (κ3) is 10.2. The Morgan fingerprint density at radius 3 is 1.72 bits per heavy atom. The van der Waals surface area contributed by atoms with E-state index in [1.165, 1.54) is 5.56 Å². The predicted octanol–water partition coefficient (Wildman–Crippen LogP) is 4.25. The van der Waals surface area contributed by atoms with Gasteiger partial charge in [0.1, 0.15) is 11.5 Å². The number of hydrogen-bond donors (Lipinski definition) is 2. The van der Waals surface area contributed by atoms with Crippen LogP contribution >= 0.6 is 15.9 Å². The Kier molecular flexibility index (Phi) is 10.1. The van der Waals surface area contributed by atoms with E-state index in [1.807, 2.05) is 12.1 Å². The lowest BCUT2D eigenvalue weighted by molar-refractivity contribution is -0.757. The first kappa shape index (κ1) is 20.8. The number of hydrogen-bond acceptors (Lipinski definition) is 5. The molecule has 0 aromatic heterocycles. The van der Waals surface area contributed by atoms with E-state index in [0.29, 0.717) is 18.6 Å². The molecule has 7 heteroatoms. The number of aromatic hydroxyl groups is 2. The summed E-state index contributed by atoms with van der Waals surface area (Å²) in [7, 11) is 0. The van der Waals surface area contributed by atoms with Gasteiger partial charge in [0.15, 0.2) is 0 Å². The third-order valence-electron chi connectivity index (χ3n) is 3.28. The minimum Gasteiger partial charge on any atom is -0.508 e. The van der Waals surface area contributed by atoms with Crippen LogP contribution in [0.1, 0.15) is 24.0 Å². The molecular formula is C18H22BrNO5. The lowest BCUT2D eigenvalue weighted by Gasteiger charge is -2.00. The van der Waals surface area contributed by atoms with Crippen LogP contribution in [-0.2, 0) is 17.7 Å². The standard InChI is InChI=1S/C9H11BrO.C9H11NO4/c10-7-1-2-8-3-5-9(11)6-4-8;11-9-5-3-8(4-6-9)2-1-7-14-10(12)13/h3-6,11H,1-2,7H2;3-6,11H,1-2,7H2. The topological polar surface area (TPSA) is 92.8 Å². The van der Waals surface area contributed by atoms with Crippen molar-refractivity contribution in [3.8, 4) is 11.5 Å². The minimum atomic E-state index is -0.795. The summed E-state index contributed by atoms with van der Waals surface area (Å²) in [5.41, 5.74) is 2.30. The van der Waals surface area contributed by atoms with Crippen molar-refractivity contribution in [3.63, 3.8) is 0 Å². The van der Waals surface area contributed by atoms with Crippen LogP contribution in [0.5, 0.6) is 11.5 Å². The highest BCUT2D eigenvalue weighted by Gasteiger charge is 1.96. The smallest absolute Gasteiger partial charge is 0.294 e. The van der Waals surface area contributed by atoms with Crippen molar-refractivity contribution in [2.24, 2.45) is 0 Å². The van der Waals surface area contributed by atoms with Gasteiger partial charge in [-0.1, -0.05) is 40.2 Å². The van der Waals surface area contributed by atoms with Crippen LogP contribution in [0.2, 0.25) is 0 Å². The molecule has 0 aliphatic heterocycles. The van der Waals surface area contributed by atoms with Crippen LogP contribution in [0.15, 0.2) is 48.5 Å². The minimum absolute atomic E-state index is 0.105. The van der Waals surface area contributed by atoms with Gasteiger partial charge in [0.2, 0.25) is 0 Å². The summed E-state index contributed by atoms with van der Waals surface area (Å²) >= 11 is 3.37. The molecule has 2 aromatic carbocycles. The molecule has 0 heterocycles. The number of nitrogens with zero attached hydrogens (tertiary/aromatic N) is 1. The van der Waals surface area contributed by atoms with Crippen molar-refractivity contribution in [2.45, 2.75) is 25.7 Å². The number of alkyl halides is 1. The lowest BCUT2D eigenvalue weighted by atomic mass is 10.1. The van der Waals surface area contributed by atoms with Crippen LogP contribution in [0, 0.1) is 10.1 Å². The molecule has 2 aromatic rings. The molecule has 6 nitrogen and oxygen atoms in total. The Labute approximate surface area is 155 Å². The molecule has 0 spiro atoms. The first-order valence-corrected chi connectivity index (χ1v) is 9.02. The van der Waals surface area contributed by atoms with Gasteiger partial charge < -0.3 is 15.1 Å². The molecule has 0 radical (unpaired) electrons. The molecule has 2 rings (SSSR count). The van der Waals surface area contributed by atoms with Crippen molar-refractivity contribution in [1.29, 1.82) is 0 Å². The first-order chi connectivity index (χ1) is 12.0. The molecule has 0 amide bonds. The van der Waals surface area contributed by atoms with Crippen LogP contribution in [0.4, 0.5) is 0 Å². The molecule has 0 fully saturated rings. The maximum absolute atomic E-state index is 9.81. The lowest BCUT2D eigenvalue weighted by Crippen LogP contribution is -2.02. The monoisotopic (exact) mass is 411 g/mol. The number of benzene rings is 2. The molecule has 0 aliphatic rings. The van der Waals surface area contributed by atoms with Gasteiger partial charge in [0.25, 0.3) is 5.09 Å². The molecule has 0 saturated carbocycles. The fourth-order valence-corrected chi connectivity index (χ4v) is 2.29. The third-order valence-corrected chi connectivity index (χ3v) is 3.84. The quantitative estimate of drug-likeness (QED) is 0.293. The Morgan fingerprint density at radius 2 is 1.32 bits per heavy atom. The van der Waals surface area contributed by atoms with Crippen LogP contribution in [-0.4, -0.2) is 27.2 Å². The Balaban J connectivity index is 0.000000257. The van der Waals surface area contributed by atoms with Gasteiger partial charge in [-0.05, 0) is 61.1 Å². The van der Waals surface area contributed by atoms with Gasteiger partial charge in [-0.25, -0.2) is 0 Å². The van der Waals surface area contributed by atoms with Crippen molar-refractivity contribution >= 4 is 15.9 Å². The summed E-state index contributed by atoms with van der Waals surface area (Å²) in [6, 6.07) is 14.1. The molecule has 2 N–H and O–H groups in total. The molecule has 0 unspecified atom stereocenters. The summed E-state index contributed by atoms with van der Waals surface area (Å²) in [5, 5.41) is 28.0. The summed E-state index contributed by atoms with van der Waals surface area (Å²) in [4.78, 5) is 14.0. The van der Waals surface area contributed by atoms with E-state index >= 15 is 0 Å². The van der Waals surface area contributed by atoms with E-state index in [2.05, 4.69) is 20.8 Å². The van der Waals surface area contributed by atoms with Crippen LogP contribution in [0.25, 0.3) is 0 Å². The largest absolute Gasteiger partial charge is 0.508 e. The maximum atomic E-state index is 9.81. The average Bonchev–Trinajstić information content (AvgIpc) is 2.60. The van der Waals surface area contributed by atoms with E-state index in [9.17, 15) is 10.1 Å². The van der Waals surface area contributed by atoms with Crippen molar-refractivity contribution in [2.75, 3.05) is 11.9 Å². The molecule has 0 saturated heterocycles. The summed E-state index contributed by atoms with van der Waals surface area (Å²) < 4.78 is 0. The van der Waals surface area contributed by atoms with E-state index in [0.717, 1.165) is 23.7 Å². The zero-order valence-corrected chi connectivity index (χ0v) is 15.4. The second-order valence-corrected chi connectivity index (χ2v) is 6.08. The second kappa shape index (κ2) is 12.1. The van der Waals surface area contributed by atoms with Crippen molar-refractivity contribution in [1.82, 2.24) is 0 Å². The van der Waals surface area contributed by atoms with E-state index < -0.39 is 5.09 Å². The Hall–Kier alpha value is -2.28. The summed E-state index contributed by atoms with van der Waals surface area (Å²) in [6.07, 6.45) is 3.51. The number of aryl methyl sites for hydroxylation is 2. The number of halogens is 1. The van der Waals surface area contributed by atoms with E-state index in [1.54, 1.807) is 36.4 Å². The number of rotatable bonds is 8. The van der Waals surface area contributed by atoms with Crippen molar-refractivity contribution in [3.05, 3.63) is 69.8 Å². The Morgan fingerprint density at radius 1 is 0.880 bits per heavy atom. The normalized spacial score (nSPS) is 9.80. The van der Waals surface area contributed by atoms with Gasteiger partial charge in [-0.3, -0.25) is 0 Å². The molecule has 0 bridgehead atoms. The zero-order chi connectivity index (χ0) is 18.5. The average molecular weight is 412 g/mol. The maximum Gasteiger partial charge on any atom is 0.294 e. The highest BCUT2D eigenvalue weighted by molar-refractivity contribution is 9.09. The van der Waals surface area contributed by atoms with Crippen molar-refractivity contribution < 1.29 is 20.1 Å². The fraction of sp³-hybridized carbons (Fsp3) is 0.333. The molecule has 25 heavy (non-hydrogen) atoms. The summed E-state index contributed by atoms with van der Waals surface area (Å²) in [6.45, 7) is 0.105. The van der Waals surface area contributed by atoms with Crippen LogP contribution < -0.4 is 0 Å². The number of phenolic OH excluding ortho intramolecular Hbond substituents is 2. The zero-order valence-electron chi connectivity index (χ0n) is 13.8. The molecule has 0 atom stereocenters.